The Morgan fingerprint density at radius 2 is 2.17 bits per heavy atom. The topological polar surface area (TPSA) is 29.3 Å². The number of hydrogen-bond donors (Lipinski definition) is 1. The molecule has 3 unspecified atom stereocenters. The summed E-state index contributed by atoms with van der Waals surface area (Å²) in [5.74, 6) is 0.429. The molecule has 1 aromatic carbocycles. The number of rotatable bonds is 2. The van der Waals surface area contributed by atoms with Crippen molar-refractivity contribution in [3.05, 3.63) is 34.1 Å². The van der Waals surface area contributed by atoms with E-state index in [4.69, 9.17) is 5.73 Å². The Morgan fingerprint density at radius 3 is 2.78 bits per heavy atom. The number of likely N-dealkylation sites (tertiary alicyclic amines) is 1. The average Bonchev–Trinajstić information content (AvgIpc) is 2.26. The third-order valence-corrected chi connectivity index (χ3v) is 4.17. The highest BCUT2D eigenvalue weighted by Gasteiger charge is 2.27. The van der Waals surface area contributed by atoms with Crippen LogP contribution in [-0.2, 0) is 0 Å². The van der Waals surface area contributed by atoms with Crippen LogP contribution < -0.4 is 5.73 Å². The summed E-state index contributed by atoms with van der Waals surface area (Å²) in [7, 11) is 0. The van der Waals surface area contributed by atoms with Crippen molar-refractivity contribution in [1.82, 2.24) is 4.90 Å². The van der Waals surface area contributed by atoms with Gasteiger partial charge in [0.1, 0.15) is 5.82 Å². The minimum Gasteiger partial charge on any atom is -0.327 e. The molecule has 2 rings (SSSR count). The van der Waals surface area contributed by atoms with E-state index in [2.05, 4.69) is 34.7 Å². The first kappa shape index (κ1) is 14.0. The fourth-order valence-electron chi connectivity index (χ4n) is 2.80. The van der Waals surface area contributed by atoms with Gasteiger partial charge in [-0.25, -0.2) is 4.39 Å². The molecule has 0 aliphatic carbocycles. The molecule has 0 spiro atoms. The molecule has 1 aliphatic heterocycles. The van der Waals surface area contributed by atoms with E-state index < -0.39 is 0 Å². The normalized spacial score (nSPS) is 27.2. The van der Waals surface area contributed by atoms with Crippen LogP contribution in [0.15, 0.2) is 22.7 Å². The summed E-state index contributed by atoms with van der Waals surface area (Å²) >= 11 is 3.29. The number of halogens is 2. The smallest absolute Gasteiger partial charge is 0.129 e. The standard InChI is InChI=1S/C14H20BrFN2/c1-9-5-12(17)8-18(7-9)10(2)13-4-3-11(15)6-14(13)16/h3-4,6,9-10,12H,5,7-8,17H2,1-2H3. The van der Waals surface area contributed by atoms with Crippen LogP contribution in [0.1, 0.15) is 31.9 Å². The van der Waals surface area contributed by atoms with E-state index in [9.17, 15) is 4.39 Å². The first-order valence-electron chi connectivity index (χ1n) is 6.42. The van der Waals surface area contributed by atoms with E-state index >= 15 is 0 Å². The number of piperidine rings is 1. The molecule has 0 aromatic heterocycles. The molecule has 100 valence electrons. The van der Waals surface area contributed by atoms with E-state index in [1.165, 1.54) is 6.07 Å². The molecular formula is C14H20BrFN2. The molecule has 1 heterocycles. The molecule has 3 atom stereocenters. The van der Waals surface area contributed by atoms with Crippen molar-refractivity contribution in [2.24, 2.45) is 11.7 Å². The van der Waals surface area contributed by atoms with Crippen molar-refractivity contribution in [2.75, 3.05) is 13.1 Å². The Labute approximate surface area is 116 Å². The van der Waals surface area contributed by atoms with Gasteiger partial charge in [0.25, 0.3) is 0 Å². The van der Waals surface area contributed by atoms with Gasteiger partial charge in [-0.05, 0) is 31.4 Å². The molecule has 2 N–H and O–H groups in total. The van der Waals surface area contributed by atoms with Crippen molar-refractivity contribution >= 4 is 15.9 Å². The second-order valence-corrected chi connectivity index (χ2v) is 6.31. The van der Waals surface area contributed by atoms with Gasteiger partial charge in [-0.15, -0.1) is 0 Å². The molecule has 0 bridgehead atoms. The number of hydrogen-bond acceptors (Lipinski definition) is 2. The second-order valence-electron chi connectivity index (χ2n) is 5.40. The molecule has 1 aromatic rings. The maximum atomic E-state index is 14.0. The van der Waals surface area contributed by atoms with Crippen LogP contribution >= 0.6 is 15.9 Å². The van der Waals surface area contributed by atoms with Crippen LogP contribution in [0.3, 0.4) is 0 Å². The summed E-state index contributed by atoms with van der Waals surface area (Å²) in [6.45, 7) is 6.10. The van der Waals surface area contributed by atoms with E-state index in [-0.39, 0.29) is 17.9 Å². The molecule has 0 amide bonds. The SMILES string of the molecule is CC1CC(N)CN(C(C)c2ccc(Br)cc2F)C1. The Hall–Kier alpha value is -0.450. The maximum absolute atomic E-state index is 14.0. The molecule has 1 fully saturated rings. The van der Waals surface area contributed by atoms with Gasteiger partial charge >= 0.3 is 0 Å². The molecule has 4 heteroatoms. The van der Waals surface area contributed by atoms with Crippen LogP contribution in [0, 0.1) is 11.7 Å². The number of nitrogens with zero attached hydrogens (tertiary/aromatic N) is 1. The highest BCUT2D eigenvalue weighted by Crippen LogP contribution is 2.28. The van der Waals surface area contributed by atoms with Crippen molar-refractivity contribution in [3.63, 3.8) is 0 Å². The lowest BCUT2D eigenvalue weighted by Crippen LogP contribution is -2.47. The Balaban J connectivity index is 2.17. The summed E-state index contributed by atoms with van der Waals surface area (Å²) in [5.41, 5.74) is 6.80. The zero-order valence-electron chi connectivity index (χ0n) is 10.9. The molecule has 1 aliphatic rings. The van der Waals surface area contributed by atoms with Crippen LogP contribution in [0.2, 0.25) is 0 Å². The lowest BCUT2D eigenvalue weighted by Gasteiger charge is -2.38. The minimum absolute atomic E-state index is 0.0758. The number of nitrogens with two attached hydrogens (primary N) is 1. The maximum Gasteiger partial charge on any atom is 0.129 e. The highest BCUT2D eigenvalue weighted by atomic mass is 79.9. The van der Waals surface area contributed by atoms with Crippen molar-refractivity contribution in [2.45, 2.75) is 32.4 Å². The molecular weight excluding hydrogens is 295 g/mol. The van der Waals surface area contributed by atoms with Crippen molar-refractivity contribution < 1.29 is 4.39 Å². The summed E-state index contributed by atoms with van der Waals surface area (Å²) in [6.07, 6.45) is 1.06. The largest absolute Gasteiger partial charge is 0.327 e. The van der Waals surface area contributed by atoms with Gasteiger partial charge in [-0.1, -0.05) is 28.9 Å². The van der Waals surface area contributed by atoms with Crippen molar-refractivity contribution in [1.29, 1.82) is 0 Å². The molecule has 18 heavy (non-hydrogen) atoms. The van der Waals surface area contributed by atoms with Gasteiger partial charge in [-0.3, -0.25) is 4.90 Å². The zero-order valence-corrected chi connectivity index (χ0v) is 12.5. The van der Waals surface area contributed by atoms with Gasteiger partial charge in [0.05, 0.1) is 0 Å². The Kier molecular flexibility index (Phi) is 4.41. The van der Waals surface area contributed by atoms with E-state index in [1.807, 2.05) is 12.1 Å². The Morgan fingerprint density at radius 1 is 1.44 bits per heavy atom. The summed E-state index contributed by atoms with van der Waals surface area (Å²) < 4.78 is 14.7. The van der Waals surface area contributed by atoms with Crippen molar-refractivity contribution in [3.8, 4) is 0 Å². The van der Waals surface area contributed by atoms with Gasteiger partial charge in [0, 0.05) is 35.2 Å². The summed E-state index contributed by atoms with van der Waals surface area (Å²) in [4.78, 5) is 2.28. The fraction of sp³-hybridized carbons (Fsp3) is 0.571. The predicted molar refractivity (Wildman–Crippen MR) is 75.8 cm³/mol. The first-order chi connectivity index (χ1) is 8.47. The minimum atomic E-state index is -0.149. The molecule has 2 nitrogen and oxygen atoms in total. The fourth-order valence-corrected chi connectivity index (χ4v) is 3.13. The van der Waals surface area contributed by atoms with Crippen LogP contribution in [0.5, 0.6) is 0 Å². The second kappa shape index (κ2) is 5.68. The number of benzene rings is 1. The molecule has 0 radical (unpaired) electrons. The van der Waals surface area contributed by atoms with Gasteiger partial charge < -0.3 is 5.73 Å². The van der Waals surface area contributed by atoms with Gasteiger partial charge in [0.15, 0.2) is 0 Å². The lowest BCUT2D eigenvalue weighted by molar-refractivity contribution is 0.122. The predicted octanol–water partition coefficient (Wildman–Crippen LogP) is 3.32. The van der Waals surface area contributed by atoms with E-state index in [0.717, 1.165) is 29.5 Å². The average molecular weight is 315 g/mol. The van der Waals surface area contributed by atoms with Crippen LogP contribution in [0.25, 0.3) is 0 Å². The van der Waals surface area contributed by atoms with E-state index in [0.29, 0.717) is 5.92 Å². The third kappa shape index (κ3) is 3.11. The molecule has 0 saturated carbocycles. The Bertz CT molecular complexity index is 414. The van der Waals surface area contributed by atoms with Crippen LogP contribution in [-0.4, -0.2) is 24.0 Å². The molecule has 1 saturated heterocycles. The quantitative estimate of drug-likeness (QED) is 0.907. The monoisotopic (exact) mass is 314 g/mol. The lowest BCUT2D eigenvalue weighted by atomic mass is 9.94. The van der Waals surface area contributed by atoms with E-state index in [1.54, 1.807) is 0 Å². The summed E-state index contributed by atoms with van der Waals surface area (Å²) in [6, 6.07) is 5.55. The highest BCUT2D eigenvalue weighted by molar-refractivity contribution is 9.10. The zero-order chi connectivity index (χ0) is 13.3. The van der Waals surface area contributed by atoms with Gasteiger partial charge in [-0.2, -0.15) is 0 Å². The first-order valence-corrected chi connectivity index (χ1v) is 7.21. The van der Waals surface area contributed by atoms with Gasteiger partial charge in [0.2, 0.25) is 0 Å². The summed E-state index contributed by atoms with van der Waals surface area (Å²) in [5, 5.41) is 0. The van der Waals surface area contributed by atoms with Crippen LogP contribution in [0.4, 0.5) is 4.39 Å². The third-order valence-electron chi connectivity index (χ3n) is 3.68.